The van der Waals surface area contributed by atoms with Crippen molar-refractivity contribution in [3.05, 3.63) is 50.6 Å². The molecule has 2 aromatic heterocycles. The maximum absolute atomic E-state index is 12.3. The first-order valence-electron chi connectivity index (χ1n) is 8.49. The predicted molar refractivity (Wildman–Crippen MR) is 110 cm³/mol. The predicted octanol–water partition coefficient (Wildman–Crippen LogP) is 4.28. The molecule has 0 aliphatic rings. The van der Waals surface area contributed by atoms with Gasteiger partial charge < -0.3 is 10.3 Å². The van der Waals surface area contributed by atoms with Gasteiger partial charge in [0.15, 0.2) is 5.16 Å². The van der Waals surface area contributed by atoms with Crippen molar-refractivity contribution in [3.63, 3.8) is 0 Å². The summed E-state index contributed by atoms with van der Waals surface area (Å²) >= 11 is 2.74. The number of carbonyl (C=O) groups is 1. The third-order valence-electron chi connectivity index (χ3n) is 4.13. The van der Waals surface area contributed by atoms with Gasteiger partial charge in [-0.25, -0.2) is 4.98 Å². The van der Waals surface area contributed by atoms with Crippen LogP contribution in [-0.2, 0) is 11.2 Å². The molecule has 3 aromatic rings. The van der Waals surface area contributed by atoms with Gasteiger partial charge in [-0.15, -0.1) is 11.3 Å². The molecule has 0 aliphatic carbocycles. The highest BCUT2D eigenvalue weighted by atomic mass is 32.2. The van der Waals surface area contributed by atoms with E-state index in [0.29, 0.717) is 10.5 Å². The van der Waals surface area contributed by atoms with E-state index in [0.717, 1.165) is 33.8 Å². The molecule has 136 valence electrons. The van der Waals surface area contributed by atoms with Crippen molar-refractivity contribution in [2.24, 2.45) is 0 Å². The molecular formula is C19H21N3O2S2. The molecule has 2 N–H and O–H groups in total. The largest absolute Gasteiger partial charge is 0.325 e. The number of aryl methyl sites for hydroxylation is 3. The van der Waals surface area contributed by atoms with E-state index in [2.05, 4.69) is 22.2 Å². The van der Waals surface area contributed by atoms with Crippen molar-refractivity contribution in [2.75, 3.05) is 11.1 Å². The summed E-state index contributed by atoms with van der Waals surface area (Å²) in [7, 11) is 0. The number of rotatable bonds is 6. The van der Waals surface area contributed by atoms with E-state index < -0.39 is 0 Å². The first kappa shape index (κ1) is 18.7. The quantitative estimate of drug-likeness (QED) is 0.489. The molecule has 0 aliphatic heterocycles. The normalized spacial score (nSPS) is 11.0. The molecule has 0 saturated carbocycles. The molecule has 0 spiro atoms. The van der Waals surface area contributed by atoms with E-state index in [-0.39, 0.29) is 17.2 Å². The number of aromatic nitrogens is 2. The number of thiophene rings is 1. The van der Waals surface area contributed by atoms with Crippen LogP contribution in [0.3, 0.4) is 0 Å². The minimum atomic E-state index is -0.147. The van der Waals surface area contributed by atoms with Gasteiger partial charge in [-0.1, -0.05) is 37.2 Å². The summed E-state index contributed by atoms with van der Waals surface area (Å²) in [6, 6.07) is 7.88. The van der Waals surface area contributed by atoms with E-state index in [1.165, 1.54) is 28.7 Å². The highest BCUT2D eigenvalue weighted by Gasteiger charge is 2.13. The standard InChI is InChI=1S/C19H21N3O2S2/c1-4-5-13-6-8-14(9-7-13)20-15(23)10-25-19-21-17(24)16-11(2)12(3)26-18(16)22-19/h6-9H,4-5,10H2,1-3H3,(H,20,23)(H,21,22,24). The number of hydrogen-bond donors (Lipinski definition) is 2. The third kappa shape index (κ3) is 4.16. The molecule has 1 aromatic carbocycles. The minimum absolute atomic E-state index is 0.125. The zero-order valence-corrected chi connectivity index (χ0v) is 16.6. The number of anilines is 1. The lowest BCUT2D eigenvalue weighted by Gasteiger charge is -2.06. The van der Waals surface area contributed by atoms with Crippen molar-refractivity contribution < 1.29 is 4.79 Å². The zero-order valence-electron chi connectivity index (χ0n) is 15.0. The smallest absolute Gasteiger partial charge is 0.260 e. The Morgan fingerprint density at radius 2 is 2.00 bits per heavy atom. The highest BCUT2D eigenvalue weighted by molar-refractivity contribution is 7.99. The van der Waals surface area contributed by atoms with Gasteiger partial charge in [-0.05, 0) is 43.5 Å². The number of H-pyrrole nitrogens is 1. The number of carbonyl (C=O) groups excluding carboxylic acids is 1. The summed E-state index contributed by atoms with van der Waals surface area (Å²) in [4.78, 5) is 33.5. The van der Waals surface area contributed by atoms with Crippen LogP contribution in [0.2, 0.25) is 0 Å². The zero-order chi connectivity index (χ0) is 18.7. The molecule has 7 heteroatoms. The Bertz CT molecular complexity index is 990. The van der Waals surface area contributed by atoms with Crippen molar-refractivity contribution in [1.29, 1.82) is 0 Å². The molecule has 0 unspecified atom stereocenters. The Labute approximate surface area is 160 Å². The van der Waals surface area contributed by atoms with Crippen LogP contribution in [0.4, 0.5) is 5.69 Å². The summed E-state index contributed by atoms with van der Waals surface area (Å²) in [6.07, 6.45) is 2.13. The van der Waals surface area contributed by atoms with Crippen molar-refractivity contribution in [2.45, 2.75) is 38.8 Å². The van der Waals surface area contributed by atoms with Gasteiger partial charge >= 0.3 is 0 Å². The highest BCUT2D eigenvalue weighted by Crippen LogP contribution is 2.27. The molecule has 0 atom stereocenters. The molecule has 0 bridgehead atoms. The first-order valence-corrected chi connectivity index (χ1v) is 10.3. The van der Waals surface area contributed by atoms with E-state index >= 15 is 0 Å². The van der Waals surface area contributed by atoms with Gasteiger partial charge in [0.1, 0.15) is 4.83 Å². The monoisotopic (exact) mass is 387 g/mol. The average Bonchev–Trinajstić information content (AvgIpc) is 2.90. The lowest BCUT2D eigenvalue weighted by atomic mass is 10.1. The van der Waals surface area contributed by atoms with Gasteiger partial charge in [0.25, 0.3) is 5.56 Å². The number of nitrogens with zero attached hydrogens (tertiary/aromatic N) is 1. The molecule has 5 nitrogen and oxygen atoms in total. The number of thioether (sulfide) groups is 1. The topological polar surface area (TPSA) is 74.8 Å². The average molecular weight is 388 g/mol. The lowest BCUT2D eigenvalue weighted by molar-refractivity contribution is -0.113. The second-order valence-corrected chi connectivity index (χ2v) is 8.29. The Morgan fingerprint density at radius 1 is 1.27 bits per heavy atom. The van der Waals surface area contributed by atoms with Crippen molar-refractivity contribution >= 4 is 44.9 Å². The molecule has 1 amide bonds. The van der Waals surface area contributed by atoms with Crippen LogP contribution < -0.4 is 10.9 Å². The maximum atomic E-state index is 12.3. The summed E-state index contributed by atoms with van der Waals surface area (Å²) in [5, 5.41) is 3.99. The second kappa shape index (κ2) is 8.05. The third-order valence-corrected chi connectivity index (χ3v) is 6.11. The van der Waals surface area contributed by atoms with Crippen LogP contribution in [0, 0.1) is 13.8 Å². The van der Waals surface area contributed by atoms with Crippen LogP contribution in [0.15, 0.2) is 34.2 Å². The van der Waals surface area contributed by atoms with Crippen LogP contribution in [0.5, 0.6) is 0 Å². The molecular weight excluding hydrogens is 366 g/mol. The molecule has 26 heavy (non-hydrogen) atoms. The number of nitrogens with one attached hydrogen (secondary N) is 2. The van der Waals surface area contributed by atoms with Gasteiger partial charge in [0, 0.05) is 10.6 Å². The Morgan fingerprint density at radius 3 is 2.69 bits per heavy atom. The summed E-state index contributed by atoms with van der Waals surface area (Å²) in [5.41, 5.74) is 2.86. The number of hydrogen-bond acceptors (Lipinski definition) is 5. The van der Waals surface area contributed by atoms with Crippen LogP contribution in [-0.4, -0.2) is 21.6 Å². The first-order chi connectivity index (χ1) is 12.5. The van der Waals surface area contributed by atoms with Crippen molar-refractivity contribution in [1.82, 2.24) is 9.97 Å². The SMILES string of the molecule is CCCc1ccc(NC(=O)CSc2nc3sc(C)c(C)c3c(=O)[nH]2)cc1. The van der Waals surface area contributed by atoms with Crippen molar-refractivity contribution in [3.8, 4) is 0 Å². The molecule has 2 heterocycles. The Hall–Kier alpha value is -2.12. The van der Waals surface area contributed by atoms with Gasteiger partial charge in [0.05, 0.1) is 11.1 Å². The van der Waals surface area contributed by atoms with Gasteiger partial charge in [0.2, 0.25) is 5.91 Å². The fourth-order valence-electron chi connectivity index (χ4n) is 2.68. The van der Waals surface area contributed by atoms with Gasteiger partial charge in [-0.2, -0.15) is 0 Å². The van der Waals surface area contributed by atoms with E-state index in [4.69, 9.17) is 0 Å². The Kier molecular flexibility index (Phi) is 5.78. The number of amides is 1. The molecule has 0 fully saturated rings. The minimum Gasteiger partial charge on any atom is -0.325 e. The lowest BCUT2D eigenvalue weighted by Crippen LogP contribution is -2.15. The fourth-order valence-corrected chi connectivity index (χ4v) is 4.43. The summed E-state index contributed by atoms with van der Waals surface area (Å²) < 4.78 is 0. The maximum Gasteiger partial charge on any atom is 0.260 e. The number of benzene rings is 1. The second-order valence-electron chi connectivity index (χ2n) is 6.12. The summed E-state index contributed by atoms with van der Waals surface area (Å²) in [5.74, 6) is 0.0635. The van der Waals surface area contributed by atoms with E-state index in [9.17, 15) is 9.59 Å². The number of fused-ring (bicyclic) bond motifs is 1. The Balaban J connectivity index is 1.64. The molecule has 0 saturated heterocycles. The van der Waals surface area contributed by atoms with Gasteiger partial charge in [-0.3, -0.25) is 9.59 Å². The van der Waals surface area contributed by atoms with Crippen LogP contribution >= 0.6 is 23.1 Å². The summed E-state index contributed by atoms with van der Waals surface area (Å²) in [6.45, 7) is 6.05. The van der Waals surface area contributed by atoms with Crippen LogP contribution in [0.25, 0.3) is 10.2 Å². The fraction of sp³-hybridized carbons (Fsp3) is 0.316. The van der Waals surface area contributed by atoms with E-state index in [1.807, 2.05) is 38.1 Å². The van der Waals surface area contributed by atoms with E-state index in [1.54, 1.807) is 0 Å². The molecule has 3 rings (SSSR count). The number of aromatic amines is 1. The molecule has 0 radical (unpaired) electrons. The van der Waals surface area contributed by atoms with Crippen LogP contribution in [0.1, 0.15) is 29.3 Å².